The number of carbonyl (C=O) groups excluding carboxylic acids is 1. The number of halogens is 1. The van der Waals surface area contributed by atoms with Crippen molar-refractivity contribution in [2.75, 3.05) is 0 Å². The summed E-state index contributed by atoms with van der Waals surface area (Å²) in [5.41, 5.74) is 4.47. The lowest BCUT2D eigenvalue weighted by Gasteiger charge is -2.10. The third kappa shape index (κ3) is 6.66. The van der Waals surface area contributed by atoms with Crippen LogP contribution in [0.1, 0.15) is 18.1 Å². The fraction of sp³-hybridized carbons (Fsp3) is 0.130. The third-order valence-electron chi connectivity index (χ3n) is 4.03. The van der Waals surface area contributed by atoms with Crippen molar-refractivity contribution in [3.05, 3.63) is 95.0 Å². The van der Waals surface area contributed by atoms with Gasteiger partial charge in [0.05, 0.1) is 11.5 Å². The molecule has 148 valence electrons. The van der Waals surface area contributed by atoms with Crippen molar-refractivity contribution >= 4 is 35.5 Å². The highest BCUT2D eigenvalue weighted by Gasteiger charge is 2.13. The summed E-state index contributed by atoms with van der Waals surface area (Å²) in [5, 5.41) is 4.47. The lowest BCUT2D eigenvalue weighted by molar-refractivity contribution is -0.120. The van der Waals surface area contributed by atoms with Crippen molar-refractivity contribution < 1.29 is 9.53 Å². The quantitative estimate of drug-likeness (QED) is 0.293. The summed E-state index contributed by atoms with van der Waals surface area (Å²) in [6, 6.07) is 24.9. The summed E-state index contributed by atoms with van der Waals surface area (Å²) in [4.78, 5) is 13.3. The molecule has 0 saturated carbocycles. The van der Waals surface area contributed by atoms with Crippen LogP contribution >= 0.6 is 23.4 Å². The van der Waals surface area contributed by atoms with E-state index in [4.69, 9.17) is 16.3 Å². The van der Waals surface area contributed by atoms with Crippen molar-refractivity contribution in [2.24, 2.45) is 5.10 Å². The molecule has 1 amide bonds. The first-order chi connectivity index (χ1) is 14.1. The molecule has 0 fully saturated rings. The van der Waals surface area contributed by atoms with Crippen LogP contribution in [0.5, 0.6) is 5.75 Å². The van der Waals surface area contributed by atoms with Crippen molar-refractivity contribution in [3.8, 4) is 5.75 Å². The van der Waals surface area contributed by atoms with Crippen LogP contribution in [0, 0.1) is 0 Å². The predicted octanol–water partition coefficient (Wildman–Crippen LogP) is 5.55. The summed E-state index contributed by atoms with van der Waals surface area (Å²) in [5.74, 6) is 0.529. The van der Waals surface area contributed by atoms with E-state index in [2.05, 4.69) is 10.5 Å². The van der Waals surface area contributed by atoms with Crippen LogP contribution in [-0.4, -0.2) is 17.4 Å². The summed E-state index contributed by atoms with van der Waals surface area (Å²) in [7, 11) is 0. The Labute approximate surface area is 179 Å². The van der Waals surface area contributed by atoms with Gasteiger partial charge in [0.15, 0.2) is 0 Å². The van der Waals surface area contributed by atoms with Gasteiger partial charge < -0.3 is 4.74 Å². The molecule has 0 aromatic heterocycles. The molecule has 0 aliphatic heterocycles. The van der Waals surface area contributed by atoms with Gasteiger partial charge in [0.2, 0.25) is 0 Å². The van der Waals surface area contributed by atoms with E-state index in [0.29, 0.717) is 17.4 Å². The fourth-order valence-electron chi connectivity index (χ4n) is 2.48. The van der Waals surface area contributed by atoms with E-state index >= 15 is 0 Å². The van der Waals surface area contributed by atoms with E-state index in [-0.39, 0.29) is 11.2 Å². The highest BCUT2D eigenvalue weighted by Crippen LogP contribution is 2.24. The molecule has 0 aliphatic rings. The number of para-hydroxylation sites is 1. The van der Waals surface area contributed by atoms with Crippen LogP contribution in [0.25, 0.3) is 0 Å². The fourth-order valence-corrected chi connectivity index (χ4v) is 3.47. The number of hydrogen-bond acceptors (Lipinski definition) is 4. The van der Waals surface area contributed by atoms with Gasteiger partial charge in [0.1, 0.15) is 12.4 Å². The molecule has 0 bridgehead atoms. The molecule has 6 heteroatoms. The summed E-state index contributed by atoms with van der Waals surface area (Å²) < 4.78 is 5.90. The Morgan fingerprint density at radius 1 is 1.07 bits per heavy atom. The molecule has 0 radical (unpaired) electrons. The Hall–Kier alpha value is -2.76. The normalized spacial score (nSPS) is 11.9. The molecule has 3 aromatic carbocycles. The van der Waals surface area contributed by atoms with E-state index in [1.807, 2.05) is 73.7 Å². The number of ether oxygens (including phenoxy) is 1. The van der Waals surface area contributed by atoms with Crippen molar-refractivity contribution in [1.82, 2.24) is 5.43 Å². The van der Waals surface area contributed by atoms with Crippen molar-refractivity contribution in [2.45, 2.75) is 23.7 Å². The number of hydrogen-bond donors (Lipinski definition) is 1. The number of carbonyl (C=O) groups is 1. The number of nitrogens with one attached hydrogen (secondary N) is 1. The Morgan fingerprint density at radius 2 is 1.76 bits per heavy atom. The molecule has 4 nitrogen and oxygen atoms in total. The minimum absolute atomic E-state index is 0.177. The van der Waals surface area contributed by atoms with Gasteiger partial charge >= 0.3 is 0 Å². The smallest absolute Gasteiger partial charge is 0.253 e. The highest BCUT2D eigenvalue weighted by atomic mass is 35.5. The number of nitrogens with zero attached hydrogens (tertiary/aromatic N) is 1. The molecular weight excluding hydrogens is 404 g/mol. The monoisotopic (exact) mass is 424 g/mol. The summed E-state index contributed by atoms with van der Waals surface area (Å²) in [6.07, 6.45) is 1.60. The van der Waals surface area contributed by atoms with Crippen LogP contribution in [0.3, 0.4) is 0 Å². The van der Waals surface area contributed by atoms with Crippen LogP contribution in [0.4, 0.5) is 0 Å². The molecule has 0 unspecified atom stereocenters. The van der Waals surface area contributed by atoms with E-state index in [1.165, 1.54) is 11.8 Å². The van der Waals surface area contributed by atoms with Gasteiger partial charge in [-0.25, -0.2) is 5.43 Å². The minimum atomic E-state index is -0.294. The maximum Gasteiger partial charge on any atom is 0.253 e. The van der Waals surface area contributed by atoms with E-state index < -0.39 is 0 Å². The molecule has 1 atom stereocenters. The topological polar surface area (TPSA) is 50.7 Å². The zero-order chi connectivity index (χ0) is 20.5. The van der Waals surface area contributed by atoms with Crippen LogP contribution in [-0.2, 0) is 11.4 Å². The average Bonchev–Trinajstić information content (AvgIpc) is 2.75. The maximum absolute atomic E-state index is 12.3. The van der Waals surface area contributed by atoms with E-state index in [1.54, 1.807) is 18.3 Å². The maximum atomic E-state index is 12.3. The predicted molar refractivity (Wildman–Crippen MR) is 120 cm³/mol. The van der Waals surface area contributed by atoms with Gasteiger partial charge in [-0.1, -0.05) is 54.1 Å². The van der Waals surface area contributed by atoms with Gasteiger partial charge in [0, 0.05) is 15.5 Å². The molecule has 0 saturated heterocycles. The number of rotatable bonds is 8. The Kier molecular flexibility index (Phi) is 7.73. The van der Waals surface area contributed by atoms with Crippen molar-refractivity contribution in [3.63, 3.8) is 0 Å². The zero-order valence-corrected chi connectivity index (χ0v) is 17.5. The Bertz CT molecular complexity index is 962. The molecule has 0 aliphatic carbocycles. The van der Waals surface area contributed by atoms with E-state index in [9.17, 15) is 4.79 Å². The van der Waals surface area contributed by atoms with Crippen molar-refractivity contribution in [1.29, 1.82) is 0 Å². The van der Waals surface area contributed by atoms with Gasteiger partial charge in [-0.05, 0) is 48.9 Å². The highest BCUT2D eigenvalue weighted by molar-refractivity contribution is 8.00. The number of thioether (sulfide) groups is 1. The average molecular weight is 425 g/mol. The Balaban J connectivity index is 1.55. The van der Waals surface area contributed by atoms with Gasteiger partial charge in [0.25, 0.3) is 5.91 Å². The molecule has 29 heavy (non-hydrogen) atoms. The minimum Gasteiger partial charge on any atom is -0.488 e. The van der Waals surface area contributed by atoms with Crippen LogP contribution in [0.15, 0.2) is 88.9 Å². The first-order valence-corrected chi connectivity index (χ1v) is 10.4. The molecule has 3 aromatic rings. The summed E-state index contributed by atoms with van der Waals surface area (Å²) in [6.45, 7) is 2.30. The molecular formula is C23H21ClN2O2S. The molecule has 3 rings (SSSR count). The lowest BCUT2D eigenvalue weighted by Crippen LogP contribution is -2.26. The first kappa shape index (κ1) is 21.0. The second-order valence-electron chi connectivity index (χ2n) is 6.26. The number of hydrazone groups is 1. The second kappa shape index (κ2) is 10.7. The molecule has 1 N–H and O–H groups in total. The van der Waals surface area contributed by atoms with E-state index in [0.717, 1.165) is 16.0 Å². The Morgan fingerprint density at radius 3 is 2.52 bits per heavy atom. The van der Waals surface area contributed by atoms with Gasteiger partial charge in [-0.3, -0.25) is 4.79 Å². The van der Waals surface area contributed by atoms with Gasteiger partial charge in [-0.2, -0.15) is 5.10 Å². The van der Waals surface area contributed by atoms with Crippen LogP contribution in [0.2, 0.25) is 5.02 Å². The van der Waals surface area contributed by atoms with Crippen LogP contribution < -0.4 is 10.2 Å². The van der Waals surface area contributed by atoms with Gasteiger partial charge in [-0.15, -0.1) is 11.8 Å². The number of benzene rings is 3. The largest absolute Gasteiger partial charge is 0.488 e. The first-order valence-electron chi connectivity index (χ1n) is 9.13. The molecule has 0 spiro atoms. The lowest BCUT2D eigenvalue weighted by atomic mass is 10.2. The number of amides is 1. The second-order valence-corrected chi connectivity index (χ2v) is 8.11. The standard InChI is InChI=1S/C23H21ClN2O2S/c1-17(29-21-13-11-20(24)12-14-21)23(27)26-25-15-19-9-5-6-10-22(19)28-16-18-7-3-2-4-8-18/h2-15,17H,16H2,1H3,(H,26,27)/b25-15-/t17-/m0/s1. The zero-order valence-electron chi connectivity index (χ0n) is 15.9. The molecule has 0 heterocycles. The summed E-state index contributed by atoms with van der Waals surface area (Å²) >= 11 is 7.34. The SMILES string of the molecule is C[C@H](Sc1ccc(Cl)cc1)C(=O)N/N=C\c1ccccc1OCc1ccccc1. The third-order valence-corrected chi connectivity index (χ3v) is 5.39.